The Kier molecular flexibility index (Phi) is 6.88. The summed E-state index contributed by atoms with van der Waals surface area (Å²) in [4.78, 5) is 10.1. The number of hydrogen-bond donors (Lipinski definition) is 0. The Labute approximate surface area is 185 Å². The van der Waals surface area contributed by atoms with Crippen molar-refractivity contribution in [3.05, 3.63) is 29.8 Å². The van der Waals surface area contributed by atoms with Gasteiger partial charge in [0, 0.05) is 31.4 Å². The molecule has 0 spiro atoms. The number of rotatable bonds is 6. The van der Waals surface area contributed by atoms with Crippen LogP contribution >= 0.6 is 0 Å². The van der Waals surface area contributed by atoms with Crippen molar-refractivity contribution in [2.75, 3.05) is 18.0 Å². The van der Waals surface area contributed by atoms with Crippen LogP contribution < -0.4 is 9.64 Å². The average Bonchev–Trinajstić information content (AvgIpc) is 3.26. The van der Waals surface area contributed by atoms with Gasteiger partial charge in [-0.25, -0.2) is 0 Å². The zero-order valence-corrected chi connectivity index (χ0v) is 18.3. The van der Waals surface area contributed by atoms with Gasteiger partial charge in [0.05, 0.1) is 18.3 Å². The average molecular weight is 454 g/mol. The number of nitrogens with zero attached hydrogens (tertiary/aromatic N) is 4. The van der Waals surface area contributed by atoms with Gasteiger partial charge in [-0.15, -0.1) is 0 Å². The quantitative estimate of drug-likeness (QED) is 0.609. The number of anilines is 1. The number of ether oxygens (including phenoxy) is 2. The Bertz CT molecular complexity index is 873. The zero-order valence-electron chi connectivity index (χ0n) is 18.3. The van der Waals surface area contributed by atoms with Gasteiger partial charge in [0.2, 0.25) is 0 Å². The first-order chi connectivity index (χ1) is 15.3. The molecular formula is C22H29F3N4O3. The van der Waals surface area contributed by atoms with Crippen LogP contribution in [0.15, 0.2) is 23.0 Å². The van der Waals surface area contributed by atoms with Crippen LogP contribution in [-0.2, 0) is 10.9 Å². The van der Waals surface area contributed by atoms with E-state index in [0.29, 0.717) is 24.7 Å². The van der Waals surface area contributed by atoms with Crippen LogP contribution in [0.25, 0.3) is 0 Å². The Morgan fingerprint density at radius 1 is 1.03 bits per heavy atom. The number of alkyl halides is 3. The fourth-order valence-electron chi connectivity index (χ4n) is 4.21. The van der Waals surface area contributed by atoms with Crippen LogP contribution in [0.1, 0.15) is 69.7 Å². The Morgan fingerprint density at radius 2 is 1.69 bits per heavy atom. The van der Waals surface area contributed by atoms with Crippen molar-refractivity contribution in [1.82, 2.24) is 15.1 Å². The van der Waals surface area contributed by atoms with E-state index in [9.17, 15) is 13.2 Å². The molecular weight excluding hydrogens is 425 g/mol. The smallest absolute Gasteiger partial charge is 0.421 e. The summed E-state index contributed by atoms with van der Waals surface area (Å²) in [6, 6.07) is 1.85. The number of halogens is 3. The summed E-state index contributed by atoms with van der Waals surface area (Å²) in [6.45, 7) is 5.65. The van der Waals surface area contributed by atoms with Crippen LogP contribution in [0, 0.1) is 0 Å². The van der Waals surface area contributed by atoms with E-state index < -0.39 is 11.7 Å². The topological polar surface area (TPSA) is 73.5 Å². The molecule has 2 aromatic heterocycles. The van der Waals surface area contributed by atoms with E-state index in [1.165, 1.54) is 12.3 Å². The van der Waals surface area contributed by atoms with Gasteiger partial charge >= 0.3 is 12.2 Å². The summed E-state index contributed by atoms with van der Waals surface area (Å²) in [7, 11) is 0. The largest absolute Gasteiger partial charge is 0.490 e. The third-order valence-electron chi connectivity index (χ3n) is 6.05. The van der Waals surface area contributed by atoms with Crippen LogP contribution in [0.5, 0.6) is 5.75 Å². The summed E-state index contributed by atoms with van der Waals surface area (Å²) >= 11 is 0. The normalized spacial score (nSPS) is 23.0. The van der Waals surface area contributed by atoms with Crippen molar-refractivity contribution in [3.8, 4) is 5.75 Å². The third kappa shape index (κ3) is 5.51. The first-order valence-corrected chi connectivity index (χ1v) is 11.2. The molecule has 4 rings (SSSR count). The SMILES string of the molecule is CC(C)c1noc(N2CCC(O[C@H]3CC[C@H](Oc4ccncc4C(F)(F)F)CC3)CC2)n1. The molecule has 0 atom stereocenters. The van der Waals surface area contributed by atoms with Crippen molar-refractivity contribution in [2.45, 2.75) is 82.8 Å². The van der Waals surface area contributed by atoms with E-state index in [0.717, 1.165) is 45.0 Å². The lowest BCUT2D eigenvalue weighted by Gasteiger charge is -2.35. The van der Waals surface area contributed by atoms with Gasteiger partial charge < -0.3 is 18.9 Å². The molecule has 32 heavy (non-hydrogen) atoms. The molecule has 7 nitrogen and oxygen atoms in total. The van der Waals surface area contributed by atoms with Crippen LogP contribution in [-0.4, -0.2) is 46.5 Å². The molecule has 1 saturated heterocycles. The highest BCUT2D eigenvalue weighted by Crippen LogP contribution is 2.37. The summed E-state index contributed by atoms with van der Waals surface area (Å²) in [5.41, 5.74) is -0.827. The highest BCUT2D eigenvalue weighted by Gasteiger charge is 2.36. The lowest BCUT2D eigenvalue weighted by molar-refractivity contribution is -0.139. The van der Waals surface area contributed by atoms with Gasteiger partial charge in [-0.3, -0.25) is 4.98 Å². The molecule has 3 heterocycles. The van der Waals surface area contributed by atoms with E-state index >= 15 is 0 Å². The molecule has 1 aliphatic heterocycles. The first kappa shape index (κ1) is 22.8. The lowest BCUT2D eigenvalue weighted by Crippen LogP contribution is -2.39. The maximum absolute atomic E-state index is 13.1. The van der Waals surface area contributed by atoms with Crippen molar-refractivity contribution < 1.29 is 27.2 Å². The molecule has 2 aromatic rings. The van der Waals surface area contributed by atoms with E-state index in [1.54, 1.807) is 0 Å². The fraction of sp³-hybridized carbons (Fsp3) is 0.682. The second kappa shape index (κ2) is 9.64. The first-order valence-electron chi connectivity index (χ1n) is 11.2. The molecule has 0 aromatic carbocycles. The summed E-state index contributed by atoms with van der Waals surface area (Å²) in [5.74, 6) is 0.795. The second-order valence-electron chi connectivity index (χ2n) is 8.80. The number of piperidine rings is 1. The predicted molar refractivity (Wildman–Crippen MR) is 111 cm³/mol. The molecule has 0 amide bonds. The Morgan fingerprint density at radius 3 is 2.31 bits per heavy atom. The molecule has 10 heteroatoms. The molecule has 2 aliphatic rings. The summed E-state index contributed by atoms with van der Waals surface area (Å²) in [5, 5.41) is 4.02. The predicted octanol–water partition coefficient (Wildman–Crippen LogP) is 4.98. The van der Waals surface area contributed by atoms with E-state index in [1.807, 2.05) is 13.8 Å². The number of hydrogen-bond acceptors (Lipinski definition) is 7. The molecule has 0 bridgehead atoms. The molecule has 0 unspecified atom stereocenters. The third-order valence-corrected chi connectivity index (χ3v) is 6.05. The van der Waals surface area contributed by atoms with Gasteiger partial charge in [0.25, 0.3) is 0 Å². The van der Waals surface area contributed by atoms with E-state index in [2.05, 4.69) is 20.0 Å². The molecule has 1 saturated carbocycles. The number of aromatic nitrogens is 3. The van der Waals surface area contributed by atoms with Crippen LogP contribution in [0.3, 0.4) is 0 Å². The molecule has 2 fully saturated rings. The van der Waals surface area contributed by atoms with Crippen molar-refractivity contribution in [1.29, 1.82) is 0 Å². The van der Waals surface area contributed by atoms with Crippen molar-refractivity contribution in [3.63, 3.8) is 0 Å². The van der Waals surface area contributed by atoms with E-state index in [4.69, 9.17) is 14.0 Å². The zero-order chi connectivity index (χ0) is 22.7. The minimum atomic E-state index is -4.48. The monoisotopic (exact) mass is 454 g/mol. The highest BCUT2D eigenvalue weighted by atomic mass is 19.4. The standard InChI is InChI=1S/C22H29F3N4O3/c1-14(2)20-27-21(32-28-20)29-11-8-17(9-12-29)30-15-3-5-16(6-4-15)31-19-7-10-26-13-18(19)22(23,24)25/h7,10,13-17H,3-6,8-9,11-12H2,1-2H3/t15-,16-. The maximum atomic E-state index is 13.1. The summed E-state index contributed by atoms with van der Waals surface area (Å²) < 4.78 is 56.8. The minimum Gasteiger partial charge on any atom is -0.490 e. The van der Waals surface area contributed by atoms with Gasteiger partial charge in [0.15, 0.2) is 5.82 Å². The molecule has 176 valence electrons. The second-order valence-corrected chi connectivity index (χ2v) is 8.80. The number of pyridine rings is 1. The van der Waals surface area contributed by atoms with Crippen LogP contribution in [0.2, 0.25) is 0 Å². The minimum absolute atomic E-state index is 0.113. The molecule has 1 aliphatic carbocycles. The van der Waals surface area contributed by atoms with Gasteiger partial charge in [0.1, 0.15) is 11.3 Å². The Balaban J connectivity index is 1.22. The molecule has 0 N–H and O–H groups in total. The lowest BCUT2D eigenvalue weighted by atomic mass is 9.94. The molecule has 0 radical (unpaired) electrons. The van der Waals surface area contributed by atoms with Gasteiger partial charge in [-0.2, -0.15) is 18.2 Å². The van der Waals surface area contributed by atoms with E-state index in [-0.39, 0.29) is 30.0 Å². The van der Waals surface area contributed by atoms with Gasteiger partial charge in [-0.05, 0) is 44.6 Å². The fourth-order valence-corrected chi connectivity index (χ4v) is 4.21. The van der Waals surface area contributed by atoms with Gasteiger partial charge in [-0.1, -0.05) is 19.0 Å². The Hall–Kier alpha value is -2.36. The van der Waals surface area contributed by atoms with Crippen molar-refractivity contribution in [2.24, 2.45) is 0 Å². The van der Waals surface area contributed by atoms with Crippen LogP contribution in [0.4, 0.5) is 19.2 Å². The highest BCUT2D eigenvalue weighted by molar-refractivity contribution is 5.32. The summed E-state index contributed by atoms with van der Waals surface area (Å²) in [6.07, 6.45) is 2.34. The maximum Gasteiger partial charge on any atom is 0.421 e. The van der Waals surface area contributed by atoms with Crippen molar-refractivity contribution >= 4 is 6.01 Å².